The molecule has 2 heterocycles. The molecule has 9 heteroatoms. The Hall–Kier alpha value is -2.42. The highest BCUT2D eigenvalue weighted by molar-refractivity contribution is 5.94. The van der Waals surface area contributed by atoms with Crippen molar-refractivity contribution in [2.45, 2.75) is 75.1 Å². The van der Waals surface area contributed by atoms with Crippen molar-refractivity contribution in [2.24, 2.45) is 23.7 Å². The lowest BCUT2D eigenvalue weighted by molar-refractivity contribution is -0.162. The first-order valence-electron chi connectivity index (χ1n) is 12.0. The van der Waals surface area contributed by atoms with Gasteiger partial charge < -0.3 is 25.7 Å². The Labute approximate surface area is 187 Å². The van der Waals surface area contributed by atoms with Gasteiger partial charge in [-0.15, -0.1) is 0 Å². The fourth-order valence-corrected chi connectivity index (χ4v) is 7.43. The van der Waals surface area contributed by atoms with E-state index < -0.39 is 11.7 Å². The number of anilines is 1. The molecule has 2 amide bonds. The third-order valence-electron chi connectivity index (χ3n) is 8.55. The van der Waals surface area contributed by atoms with Gasteiger partial charge in [-0.3, -0.25) is 4.79 Å². The molecule has 4 N–H and O–H groups in total. The molecule has 0 spiro atoms. The number of carboxylic acid groups (broad SMARTS) is 1. The predicted octanol–water partition coefficient (Wildman–Crippen LogP) is 2.09. The number of nitrogens with zero attached hydrogens (tertiary/aromatic N) is 3. The number of hydrogen-bond donors (Lipinski definition) is 4. The van der Waals surface area contributed by atoms with Gasteiger partial charge in [-0.25, -0.2) is 14.8 Å². The number of aromatic nitrogens is 2. The molecule has 5 saturated carbocycles. The van der Waals surface area contributed by atoms with E-state index in [0.717, 1.165) is 44.9 Å². The van der Waals surface area contributed by atoms with E-state index >= 15 is 0 Å². The minimum absolute atomic E-state index is 0.0746. The van der Waals surface area contributed by atoms with Crippen LogP contribution in [0.2, 0.25) is 0 Å². The zero-order valence-corrected chi connectivity index (χ0v) is 18.1. The highest BCUT2D eigenvalue weighted by atomic mass is 16.4. The van der Waals surface area contributed by atoms with E-state index in [1.165, 1.54) is 12.4 Å². The van der Waals surface area contributed by atoms with E-state index in [4.69, 9.17) is 0 Å². The summed E-state index contributed by atoms with van der Waals surface area (Å²) in [6, 6.07) is 0.0579. The summed E-state index contributed by atoms with van der Waals surface area (Å²) in [6.45, 7) is 0.489. The lowest BCUT2D eigenvalue weighted by Crippen LogP contribution is -2.61. The molecule has 6 fully saturated rings. The van der Waals surface area contributed by atoms with E-state index in [1.807, 2.05) is 0 Å². The van der Waals surface area contributed by atoms with Crippen LogP contribution >= 0.6 is 0 Å². The fourth-order valence-electron chi connectivity index (χ4n) is 7.43. The quantitative estimate of drug-likeness (QED) is 0.551. The van der Waals surface area contributed by atoms with Crippen molar-refractivity contribution < 1.29 is 19.8 Å². The molecule has 9 nitrogen and oxygen atoms in total. The first kappa shape index (κ1) is 20.2. The highest BCUT2D eigenvalue weighted by Crippen LogP contribution is 2.60. The topological polar surface area (TPSA) is 128 Å². The molecule has 5 aliphatic carbocycles. The summed E-state index contributed by atoms with van der Waals surface area (Å²) in [5, 5.41) is 27.2. The minimum atomic E-state index is -0.875. The summed E-state index contributed by atoms with van der Waals surface area (Å²) < 4.78 is 0. The monoisotopic (exact) mass is 441 g/mol. The lowest BCUT2D eigenvalue weighted by atomic mass is 9.48. The van der Waals surface area contributed by atoms with Crippen molar-refractivity contribution in [3.05, 3.63) is 18.0 Å². The maximum atomic E-state index is 12.2. The van der Waals surface area contributed by atoms with Crippen LogP contribution in [0.3, 0.4) is 0 Å². The number of rotatable bonds is 5. The molecule has 1 saturated heterocycles. The summed E-state index contributed by atoms with van der Waals surface area (Å²) in [7, 11) is 0. The van der Waals surface area contributed by atoms with Crippen LogP contribution in [-0.2, 0) is 0 Å². The average molecular weight is 442 g/mol. The highest BCUT2D eigenvalue weighted by Gasteiger charge is 2.59. The van der Waals surface area contributed by atoms with E-state index in [-0.39, 0.29) is 30.0 Å². The second-order valence-corrected chi connectivity index (χ2v) is 10.8. The molecule has 4 bridgehead atoms. The molecular formula is C23H31N5O4. The third kappa shape index (κ3) is 3.50. The maximum absolute atomic E-state index is 12.2. The third-order valence-corrected chi connectivity index (χ3v) is 8.55. The van der Waals surface area contributed by atoms with Gasteiger partial charge in [-0.1, -0.05) is 0 Å². The Balaban J connectivity index is 1.21. The SMILES string of the molecule is O=C(NC1CC1)c1cnc(NC2CCN(C(=O)O)C2C2[C@@H]3CC4C[C@H]2CC(O)(C4)C3)nc1. The van der Waals surface area contributed by atoms with Crippen LogP contribution in [-0.4, -0.2) is 67.4 Å². The van der Waals surface area contributed by atoms with Gasteiger partial charge in [-0.05, 0) is 75.0 Å². The molecule has 0 radical (unpaired) electrons. The van der Waals surface area contributed by atoms with Gasteiger partial charge in [0, 0.05) is 25.0 Å². The molecule has 1 aliphatic heterocycles. The summed E-state index contributed by atoms with van der Waals surface area (Å²) in [4.78, 5) is 34.6. The summed E-state index contributed by atoms with van der Waals surface area (Å²) in [6.07, 6.45) is 9.64. The zero-order valence-electron chi connectivity index (χ0n) is 18.1. The number of carbonyl (C=O) groups is 2. The van der Waals surface area contributed by atoms with Gasteiger partial charge in [0.1, 0.15) is 0 Å². The first-order chi connectivity index (χ1) is 15.4. The summed E-state index contributed by atoms with van der Waals surface area (Å²) in [5.41, 5.74) is -0.102. The Morgan fingerprint density at radius 2 is 1.75 bits per heavy atom. The molecule has 1 aromatic heterocycles. The van der Waals surface area contributed by atoms with E-state index in [1.54, 1.807) is 4.90 Å². The van der Waals surface area contributed by atoms with Gasteiger partial charge in [0.2, 0.25) is 5.95 Å². The number of nitrogens with one attached hydrogen (secondary N) is 2. The van der Waals surface area contributed by atoms with Gasteiger partial charge in [0.05, 0.1) is 23.2 Å². The van der Waals surface area contributed by atoms with Gasteiger partial charge >= 0.3 is 6.09 Å². The number of likely N-dealkylation sites (tertiary alicyclic amines) is 1. The fraction of sp³-hybridized carbons (Fsp3) is 0.739. The van der Waals surface area contributed by atoms with Crippen LogP contribution < -0.4 is 10.6 Å². The minimum Gasteiger partial charge on any atom is -0.465 e. The second kappa shape index (κ2) is 7.30. The molecule has 7 rings (SSSR count). The number of aliphatic hydroxyl groups is 1. The average Bonchev–Trinajstić information content (AvgIpc) is 3.45. The van der Waals surface area contributed by atoms with Gasteiger partial charge in [-0.2, -0.15) is 0 Å². The normalized spacial score (nSPS) is 39.8. The standard InChI is InChI=1S/C23H31N5O4/c29-20(26-16-1-2-16)15-10-24-21(25-11-15)27-17-3-4-28(22(30)31)19(17)18-13-5-12-6-14(18)9-23(32,7-12)8-13/h10-14,16-19,32H,1-9H2,(H,26,29)(H,30,31)(H,24,25,27)/t12?,13-,14+,17?,18?,19?,23?. The maximum Gasteiger partial charge on any atom is 0.407 e. The number of carbonyl (C=O) groups excluding carboxylic acids is 1. The van der Waals surface area contributed by atoms with Crippen molar-refractivity contribution in [2.75, 3.05) is 11.9 Å². The van der Waals surface area contributed by atoms with Crippen LogP contribution in [0.25, 0.3) is 0 Å². The molecule has 5 unspecified atom stereocenters. The zero-order chi connectivity index (χ0) is 22.0. The van der Waals surface area contributed by atoms with Crippen LogP contribution in [0.4, 0.5) is 10.7 Å². The van der Waals surface area contributed by atoms with Crippen LogP contribution in [0.15, 0.2) is 12.4 Å². The van der Waals surface area contributed by atoms with E-state index in [2.05, 4.69) is 20.6 Å². The Morgan fingerprint density at radius 1 is 1.06 bits per heavy atom. The lowest BCUT2D eigenvalue weighted by Gasteiger charge is -2.60. The molecular weight excluding hydrogens is 410 g/mol. The van der Waals surface area contributed by atoms with Crippen LogP contribution in [0.5, 0.6) is 0 Å². The van der Waals surface area contributed by atoms with Crippen molar-refractivity contribution in [3.8, 4) is 0 Å². The van der Waals surface area contributed by atoms with Crippen LogP contribution in [0.1, 0.15) is 61.7 Å². The first-order valence-corrected chi connectivity index (χ1v) is 12.0. The molecule has 0 aromatic carbocycles. The van der Waals surface area contributed by atoms with E-state index in [0.29, 0.717) is 42.2 Å². The van der Waals surface area contributed by atoms with Crippen molar-refractivity contribution in [1.82, 2.24) is 20.2 Å². The molecule has 172 valence electrons. The second-order valence-electron chi connectivity index (χ2n) is 10.8. The van der Waals surface area contributed by atoms with Crippen LogP contribution in [0, 0.1) is 23.7 Å². The number of amides is 2. The molecule has 7 atom stereocenters. The largest absolute Gasteiger partial charge is 0.465 e. The predicted molar refractivity (Wildman–Crippen MR) is 115 cm³/mol. The van der Waals surface area contributed by atoms with Gasteiger partial charge in [0.15, 0.2) is 0 Å². The molecule has 1 aromatic rings. The molecule has 6 aliphatic rings. The summed E-state index contributed by atoms with van der Waals surface area (Å²) in [5.74, 6) is 1.85. The Morgan fingerprint density at radius 3 is 2.34 bits per heavy atom. The van der Waals surface area contributed by atoms with Gasteiger partial charge in [0.25, 0.3) is 5.91 Å². The van der Waals surface area contributed by atoms with Crippen molar-refractivity contribution in [3.63, 3.8) is 0 Å². The Bertz CT molecular complexity index is 903. The smallest absolute Gasteiger partial charge is 0.407 e. The van der Waals surface area contributed by atoms with E-state index in [9.17, 15) is 19.8 Å². The Kier molecular flexibility index (Phi) is 4.61. The summed E-state index contributed by atoms with van der Waals surface area (Å²) >= 11 is 0. The molecule has 32 heavy (non-hydrogen) atoms. The van der Waals surface area contributed by atoms with Crippen molar-refractivity contribution >= 4 is 17.9 Å². The number of hydrogen-bond acceptors (Lipinski definition) is 6. The van der Waals surface area contributed by atoms with Crippen molar-refractivity contribution in [1.29, 1.82) is 0 Å².